The maximum atomic E-state index is 5.88. The molecule has 0 amide bonds. The van der Waals surface area contributed by atoms with Gasteiger partial charge in [0.2, 0.25) is 0 Å². The van der Waals surface area contributed by atoms with Crippen molar-refractivity contribution in [1.29, 1.82) is 0 Å². The molecule has 15 heavy (non-hydrogen) atoms. The van der Waals surface area contributed by atoms with Crippen LogP contribution in [0.3, 0.4) is 0 Å². The number of halogens is 1. The Morgan fingerprint density at radius 1 is 1.47 bits per heavy atom. The van der Waals surface area contributed by atoms with Crippen LogP contribution in [0.25, 0.3) is 0 Å². The van der Waals surface area contributed by atoms with Gasteiger partial charge < -0.3 is 5.73 Å². The maximum Gasteiger partial charge on any atom is 0.0931 e. The molecular formula is C11H19ClN2S. The summed E-state index contributed by atoms with van der Waals surface area (Å²) in [7, 11) is 2.11. The highest BCUT2D eigenvalue weighted by Crippen LogP contribution is 2.22. The second-order valence-electron chi connectivity index (χ2n) is 4.39. The Hall–Kier alpha value is -0.0900. The van der Waals surface area contributed by atoms with E-state index in [1.165, 1.54) is 4.88 Å². The third-order valence-corrected chi connectivity index (χ3v) is 4.15. The Morgan fingerprint density at radius 2 is 2.13 bits per heavy atom. The zero-order valence-electron chi connectivity index (χ0n) is 9.59. The summed E-state index contributed by atoms with van der Waals surface area (Å²) in [5, 5.41) is 0. The molecule has 1 aromatic heterocycles. The molecule has 0 aliphatic carbocycles. The summed E-state index contributed by atoms with van der Waals surface area (Å²) in [5.41, 5.74) is 5.79. The van der Waals surface area contributed by atoms with E-state index in [0.717, 1.165) is 17.3 Å². The zero-order chi connectivity index (χ0) is 11.5. The average molecular weight is 247 g/mol. The van der Waals surface area contributed by atoms with E-state index in [1.807, 2.05) is 6.07 Å². The van der Waals surface area contributed by atoms with Crippen molar-refractivity contribution in [3.8, 4) is 0 Å². The second kappa shape index (κ2) is 5.30. The minimum Gasteiger partial charge on any atom is -0.329 e. The Kier molecular flexibility index (Phi) is 4.59. The normalized spacial score (nSPS) is 12.4. The van der Waals surface area contributed by atoms with Gasteiger partial charge in [-0.15, -0.1) is 11.3 Å². The second-order valence-corrected chi connectivity index (χ2v) is 6.19. The predicted octanol–water partition coefficient (Wildman–Crippen LogP) is 2.61. The molecule has 0 atom stereocenters. The molecule has 0 aromatic carbocycles. The van der Waals surface area contributed by atoms with Crippen LogP contribution < -0.4 is 5.73 Å². The van der Waals surface area contributed by atoms with Crippen LogP contribution in [0.1, 0.15) is 18.7 Å². The summed E-state index contributed by atoms with van der Waals surface area (Å²) in [6.07, 6.45) is 1.04. The van der Waals surface area contributed by atoms with Crippen molar-refractivity contribution in [1.82, 2.24) is 4.90 Å². The molecule has 0 bridgehead atoms. The zero-order valence-corrected chi connectivity index (χ0v) is 11.2. The third-order valence-electron chi connectivity index (χ3n) is 2.86. The highest BCUT2D eigenvalue weighted by molar-refractivity contribution is 7.16. The number of hydrogen-bond donors (Lipinski definition) is 1. The molecule has 2 N–H and O–H groups in total. The van der Waals surface area contributed by atoms with Crippen LogP contribution in [0, 0.1) is 0 Å². The average Bonchev–Trinajstić information content (AvgIpc) is 2.60. The predicted molar refractivity (Wildman–Crippen MR) is 68.8 cm³/mol. The van der Waals surface area contributed by atoms with Crippen molar-refractivity contribution < 1.29 is 0 Å². The summed E-state index contributed by atoms with van der Waals surface area (Å²) < 4.78 is 0.866. The molecule has 0 aliphatic heterocycles. The monoisotopic (exact) mass is 246 g/mol. The van der Waals surface area contributed by atoms with Gasteiger partial charge >= 0.3 is 0 Å². The molecule has 1 rings (SSSR count). The fraction of sp³-hybridized carbons (Fsp3) is 0.636. The maximum absolute atomic E-state index is 5.88. The number of hydrogen-bond acceptors (Lipinski definition) is 3. The summed E-state index contributed by atoms with van der Waals surface area (Å²) in [5.74, 6) is 0. The molecule has 0 radical (unpaired) electrons. The number of nitrogens with two attached hydrogens (primary N) is 1. The first-order chi connectivity index (χ1) is 6.95. The smallest absolute Gasteiger partial charge is 0.0931 e. The Morgan fingerprint density at radius 3 is 2.60 bits per heavy atom. The number of thiophene rings is 1. The van der Waals surface area contributed by atoms with Gasteiger partial charge in [0.1, 0.15) is 0 Å². The lowest BCUT2D eigenvalue weighted by molar-refractivity contribution is 0.166. The SMILES string of the molecule is CN(CCc1ccc(Cl)s1)C(C)(C)CN. The van der Waals surface area contributed by atoms with Gasteiger partial charge in [0.25, 0.3) is 0 Å². The van der Waals surface area contributed by atoms with E-state index >= 15 is 0 Å². The van der Waals surface area contributed by atoms with Crippen LogP contribution in [0.2, 0.25) is 4.34 Å². The van der Waals surface area contributed by atoms with E-state index in [9.17, 15) is 0 Å². The molecule has 0 unspecified atom stereocenters. The first-order valence-corrected chi connectivity index (χ1v) is 6.30. The van der Waals surface area contributed by atoms with Crippen molar-refractivity contribution >= 4 is 22.9 Å². The number of rotatable bonds is 5. The summed E-state index contributed by atoms with van der Waals surface area (Å²) in [4.78, 5) is 3.63. The van der Waals surface area contributed by atoms with Crippen LogP contribution in [0.15, 0.2) is 12.1 Å². The third kappa shape index (κ3) is 3.76. The lowest BCUT2D eigenvalue weighted by atomic mass is 10.0. The Balaban J connectivity index is 2.44. The molecule has 4 heteroatoms. The van der Waals surface area contributed by atoms with E-state index in [1.54, 1.807) is 11.3 Å². The summed E-state index contributed by atoms with van der Waals surface area (Å²) in [6, 6.07) is 4.05. The molecule has 86 valence electrons. The molecular weight excluding hydrogens is 228 g/mol. The van der Waals surface area contributed by atoms with E-state index in [4.69, 9.17) is 17.3 Å². The van der Waals surface area contributed by atoms with Crippen LogP contribution >= 0.6 is 22.9 Å². The molecule has 1 heterocycles. The van der Waals surface area contributed by atoms with Crippen molar-refractivity contribution in [3.63, 3.8) is 0 Å². The lowest BCUT2D eigenvalue weighted by Gasteiger charge is -2.34. The quantitative estimate of drug-likeness (QED) is 0.866. The van der Waals surface area contributed by atoms with Gasteiger partial charge in [0, 0.05) is 23.5 Å². The molecule has 0 saturated heterocycles. The fourth-order valence-corrected chi connectivity index (χ4v) is 2.30. The minimum absolute atomic E-state index is 0.0705. The summed E-state index contributed by atoms with van der Waals surface area (Å²) in [6.45, 7) is 6.01. The van der Waals surface area contributed by atoms with Crippen LogP contribution in [-0.2, 0) is 6.42 Å². The van der Waals surface area contributed by atoms with Crippen LogP contribution in [0.5, 0.6) is 0 Å². The van der Waals surface area contributed by atoms with Crippen LogP contribution in [-0.4, -0.2) is 30.6 Å². The standard InChI is InChI=1S/C11H19ClN2S/c1-11(2,8-13)14(3)7-6-9-4-5-10(12)15-9/h4-5H,6-8,13H2,1-3H3. The van der Waals surface area contributed by atoms with E-state index in [2.05, 4.69) is 31.9 Å². The topological polar surface area (TPSA) is 29.3 Å². The highest BCUT2D eigenvalue weighted by atomic mass is 35.5. The van der Waals surface area contributed by atoms with Crippen LogP contribution in [0.4, 0.5) is 0 Å². The Bertz CT molecular complexity index is 309. The molecule has 0 fully saturated rings. The molecule has 0 spiro atoms. The van der Waals surface area contributed by atoms with Gasteiger partial charge in [-0.3, -0.25) is 4.90 Å². The van der Waals surface area contributed by atoms with Crippen molar-refractivity contribution in [2.45, 2.75) is 25.8 Å². The summed E-state index contributed by atoms with van der Waals surface area (Å²) >= 11 is 7.53. The molecule has 0 saturated carbocycles. The minimum atomic E-state index is 0.0705. The van der Waals surface area contributed by atoms with Gasteiger partial charge in [-0.05, 0) is 39.4 Å². The van der Waals surface area contributed by atoms with Gasteiger partial charge in [0.05, 0.1) is 4.34 Å². The van der Waals surface area contributed by atoms with E-state index < -0.39 is 0 Å². The molecule has 1 aromatic rings. The first kappa shape index (κ1) is 13.0. The first-order valence-electron chi connectivity index (χ1n) is 5.11. The van der Waals surface area contributed by atoms with Crippen molar-refractivity contribution in [2.24, 2.45) is 5.73 Å². The highest BCUT2D eigenvalue weighted by Gasteiger charge is 2.20. The fourth-order valence-electron chi connectivity index (χ4n) is 1.22. The van der Waals surface area contributed by atoms with E-state index in [-0.39, 0.29) is 5.54 Å². The van der Waals surface area contributed by atoms with Crippen molar-refractivity contribution in [2.75, 3.05) is 20.1 Å². The largest absolute Gasteiger partial charge is 0.329 e. The van der Waals surface area contributed by atoms with E-state index in [0.29, 0.717) is 6.54 Å². The van der Waals surface area contributed by atoms with Gasteiger partial charge in [-0.25, -0.2) is 0 Å². The van der Waals surface area contributed by atoms with Crippen molar-refractivity contribution in [3.05, 3.63) is 21.3 Å². The lowest BCUT2D eigenvalue weighted by Crippen LogP contribution is -2.47. The van der Waals surface area contributed by atoms with Gasteiger partial charge in [0.15, 0.2) is 0 Å². The van der Waals surface area contributed by atoms with Gasteiger partial charge in [-0.2, -0.15) is 0 Å². The molecule has 0 aliphatic rings. The Labute approximate surface area is 101 Å². The van der Waals surface area contributed by atoms with Gasteiger partial charge in [-0.1, -0.05) is 11.6 Å². The number of nitrogens with zero attached hydrogens (tertiary/aromatic N) is 1. The number of likely N-dealkylation sites (N-methyl/N-ethyl adjacent to an activating group) is 1. The molecule has 2 nitrogen and oxygen atoms in total.